The summed E-state index contributed by atoms with van der Waals surface area (Å²) in [5, 5.41) is 12.8. The second-order valence-corrected chi connectivity index (χ2v) is 6.63. The van der Waals surface area contributed by atoms with Gasteiger partial charge in [0.05, 0.1) is 24.6 Å². The first-order valence-electron chi connectivity index (χ1n) is 8.74. The van der Waals surface area contributed by atoms with Gasteiger partial charge >= 0.3 is 5.97 Å². The van der Waals surface area contributed by atoms with Crippen LogP contribution in [0.25, 0.3) is 0 Å². The fourth-order valence-electron chi connectivity index (χ4n) is 3.17. The maximum absolute atomic E-state index is 12.4. The minimum atomic E-state index is -0.965. The number of imidazole rings is 1. The van der Waals surface area contributed by atoms with E-state index in [1.807, 2.05) is 0 Å². The van der Waals surface area contributed by atoms with Crippen LogP contribution in [0.3, 0.4) is 0 Å². The van der Waals surface area contributed by atoms with Gasteiger partial charge in [-0.1, -0.05) is 12.5 Å². The molecule has 4 N–H and O–H groups in total. The first-order valence-corrected chi connectivity index (χ1v) is 8.74. The van der Waals surface area contributed by atoms with E-state index in [0.717, 1.165) is 31.4 Å². The third kappa shape index (κ3) is 4.45. The van der Waals surface area contributed by atoms with Crippen molar-refractivity contribution in [2.45, 2.75) is 44.2 Å². The standard InChI is InChI=1S/C18H23N5O3/c19-17-5-4-12(8-21-17)7-13(18(25)26)15-9-23(11-22-15)10-16(24)14-3-1-2-6-20-14/h4-5,8-9,11,13-14,20H,1-3,6-7,10H2,(H2,19,21)(H,25,26). The summed E-state index contributed by atoms with van der Waals surface area (Å²) in [6.45, 7) is 1.06. The predicted molar refractivity (Wildman–Crippen MR) is 95.6 cm³/mol. The molecule has 8 heteroatoms. The van der Waals surface area contributed by atoms with Crippen LogP contribution in [0.5, 0.6) is 0 Å². The van der Waals surface area contributed by atoms with Crippen LogP contribution < -0.4 is 11.1 Å². The number of Topliss-reactive ketones (excluding diaryl/α,β-unsaturated/α-hetero) is 1. The highest BCUT2D eigenvalue weighted by Crippen LogP contribution is 2.20. The molecule has 26 heavy (non-hydrogen) atoms. The number of ketones is 1. The highest BCUT2D eigenvalue weighted by Gasteiger charge is 2.25. The third-order valence-corrected chi connectivity index (χ3v) is 4.63. The molecule has 8 nitrogen and oxygen atoms in total. The molecule has 2 aromatic heterocycles. The summed E-state index contributed by atoms with van der Waals surface area (Å²) in [5.74, 6) is -1.28. The van der Waals surface area contributed by atoms with Crippen LogP contribution in [0.4, 0.5) is 5.82 Å². The molecule has 2 aromatic rings. The average Bonchev–Trinajstić information content (AvgIpc) is 3.09. The Bertz CT molecular complexity index is 765. The Morgan fingerprint density at radius 3 is 2.85 bits per heavy atom. The monoisotopic (exact) mass is 357 g/mol. The molecular formula is C18H23N5O3. The Kier molecular flexibility index (Phi) is 5.62. The van der Waals surface area contributed by atoms with E-state index in [2.05, 4.69) is 15.3 Å². The molecule has 1 saturated heterocycles. The zero-order valence-electron chi connectivity index (χ0n) is 14.5. The summed E-state index contributed by atoms with van der Waals surface area (Å²) in [5.41, 5.74) is 6.76. The van der Waals surface area contributed by atoms with E-state index in [1.165, 1.54) is 6.33 Å². The van der Waals surface area contributed by atoms with Crippen molar-refractivity contribution in [2.75, 3.05) is 12.3 Å². The normalized spacial score (nSPS) is 18.4. The number of aromatic nitrogens is 3. The molecule has 3 rings (SSSR count). The topological polar surface area (TPSA) is 123 Å². The number of hydrogen-bond acceptors (Lipinski definition) is 6. The number of nitrogens with two attached hydrogens (primary N) is 1. The lowest BCUT2D eigenvalue weighted by atomic mass is 9.98. The van der Waals surface area contributed by atoms with E-state index < -0.39 is 11.9 Å². The van der Waals surface area contributed by atoms with E-state index >= 15 is 0 Å². The number of carbonyl (C=O) groups excluding carboxylic acids is 1. The van der Waals surface area contributed by atoms with Crippen LogP contribution in [-0.2, 0) is 22.6 Å². The maximum Gasteiger partial charge on any atom is 0.312 e. The van der Waals surface area contributed by atoms with Crippen LogP contribution in [0.15, 0.2) is 30.9 Å². The molecule has 0 aliphatic carbocycles. The molecule has 0 amide bonds. The van der Waals surface area contributed by atoms with Gasteiger partial charge in [-0.2, -0.15) is 0 Å². The molecule has 0 aromatic carbocycles. The Morgan fingerprint density at radius 1 is 1.35 bits per heavy atom. The van der Waals surface area contributed by atoms with Gasteiger partial charge in [-0.25, -0.2) is 9.97 Å². The quantitative estimate of drug-likeness (QED) is 0.675. The minimum absolute atomic E-state index is 0.100. The van der Waals surface area contributed by atoms with Crippen molar-refractivity contribution in [3.8, 4) is 0 Å². The van der Waals surface area contributed by atoms with E-state index in [4.69, 9.17) is 5.73 Å². The lowest BCUT2D eigenvalue weighted by molar-refractivity contribution is -0.138. The van der Waals surface area contributed by atoms with Crippen LogP contribution in [0, 0.1) is 0 Å². The predicted octanol–water partition coefficient (Wildman–Crippen LogP) is 0.982. The summed E-state index contributed by atoms with van der Waals surface area (Å²) >= 11 is 0. The summed E-state index contributed by atoms with van der Waals surface area (Å²) in [6.07, 6.45) is 7.99. The summed E-state index contributed by atoms with van der Waals surface area (Å²) < 4.78 is 1.66. The molecule has 2 unspecified atom stereocenters. The maximum atomic E-state index is 12.4. The van der Waals surface area contributed by atoms with Crippen molar-refractivity contribution in [3.63, 3.8) is 0 Å². The molecule has 138 valence electrons. The zero-order chi connectivity index (χ0) is 18.5. The summed E-state index contributed by atoms with van der Waals surface area (Å²) in [7, 11) is 0. The Balaban J connectivity index is 1.68. The number of nitrogens with zero attached hydrogens (tertiary/aromatic N) is 3. The van der Waals surface area contributed by atoms with Gasteiger partial charge in [0.1, 0.15) is 11.7 Å². The summed E-state index contributed by atoms with van der Waals surface area (Å²) in [6, 6.07) is 3.28. The van der Waals surface area contributed by atoms with Crippen LogP contribution >= 0.6 is 0 Å². The average molecular weight is 357 g/mol. The largest absolute Gasteiger partial charge is 0.481 e. The smallest absolute Gasteiger partial charge is 0.312 e. The minimum Gasteiger partial charge on any atom is -0.481 e. The number of carboxylic acid groups (broad SMARTS) is 1. The lowest BCUT2D eigenvalue weighted by Crippen LogP contribution is -2.41. The highest BCUT2D eigenvalue weighted by molar-refractivity contribution is 5.84. The summed E-state index contributed by atoms with van der Waals surface area (Å²) in [4.78, 5) is 32.2. The molecule has 1 fully saturated rings. The SMILES string of the molecule is Nc1ccc(CC(C(=O)O)c2cn(CC(=O)C3CCCCN3)cn2)cn1. The molecule has 1 aliphatic heterocycles. The van der Waals surface area contributed by atoms with Gasteiger partial charge in [0.15, 0.2) is 5.78 Å². The number of pyridine rings is 1. The van der Waals surface area contributed by atoms with E-state index in [0.29, 0.717) is 11.5 Å². The van der Waals surface area contributed by atoms with Crippen molar-refractivity contribution in [1.82, 2.24) is 19.9 Å². The van der Waals surface area contributed by atoms with Gasteiger partial charge < -0.3 is 20.7 Å². The van der Waals surface area contributed by atoms with E-state index in [9.17, 15) is 14.7 Å². The number of piperidine rings is 1. The van der Waals surface area contributed by atoms with Gasteiger partial charge in [-0.15, -0.1) is 0 Å². The van der Waals surface area contributed by atoms with Crippen molar-refractivity contribution in [2.24, 2.45) is 0 Å². The number of rotatable bonds is 7. The van der Waals surface area contributed by atoms with Crippen molar-refractivity contribution in [3.05, 3.63) is 42.1 Å². The second kappa shape index (κ2) is 8.09. The number of nitrogens with one attached hydrogen (secondary N) is 1. The molecule has 0 radical (unpaired) electrons. The molecule has 3 heterocycles. The van der Waals surface area contributed by atoms with Crippen molar-refractivity contribution in [1.29, 1.82) is 0 Å². The molecule has 0 saturated carbocycles. The molecule has 0 bridgehead atoms. The number of anilines is 1. The number of aliphatic carboxylic acids is 1. The highest BCUT2D eigenvalue weighted by atomic mass is 16.4. The van der Waals surface area contributed by atoms with Crippen LogP contribution in [0.2, 0.25) is 0 Å². The van der Waals surface area contributed by atoms with E-state index in [1.54, 1.807) is 29.1 Å². The Hall–Kier alpha value is -2.74. The molecule has 2 atom stereocenters. The van der Waals surface area contributed by atoms with Crippen molar-refractivity contribution >= 4 is 17.6 Å². The Morgan fingerprint density at radius 2 is 2.19 bits per heavy atom. The van der Waals surface area contributed by atoms with Gasteiger partial charge in [-0.05, 0) is 37.4 Å². The second-order valence-electron chi connectivity index (χ2n) is 6.63. The number of carboxylic acids is 1. The van der Waals surface area contributed by atoms with Crippen molar-refractivity contribution < 1.29 is 14.7 Å². The molecule has 0 spiro atoms. The number of hydrogen-bond donors (Lipinski definition) is 3. The van der Waals surface area contributed by atoms with Gasteiger partial charge in [0.25, 0.3) is 0 Å². The third-order valence-electron chi connectivity index (χ3n) is 4.63. The van der Waals surface area contributed by atoms with E-state index in [-0.39, 0.29) is 24.8 Å². The molecular weight excluding hydrogens is 334 g/mol. The molecule has 1 aliphatic rings. The van der Waals surface area contributed by atoms with Crippen LogP contribution in [-0.4, -0.2) is 44.0 Å². The Labute approximate surface area is 151 Å². The zero-order valence-corrected chi connectivity index (χ0v) is 14.5. The number of carbonyl (C=O) groups is 2. The fourth-order valence-corrected chi connectivity index (χ4v) is 3.17. The lowest BCUT2D eigenvalue weighted by Gasteiger charge is -2.22. The number of nitrogen functional groups attached to an aromatic ring is 1. The van der Waals surface area contributed by atoms with Gasteiger partial charge in [0.2, 0.25) is 0 Å². The fraction of sp³-hybridized carbons (Fsp3) is 0.444. The van der Waals surface area contributed by atoms with Gasteiger partial charge in [0, 0.05) is 12.4 Å². The first kappa shape index (κ1) is 18.1. The first-order chi connectivity index (χ1) is 12.5. The van der Waals surface area contributed by atoms with Gasteiger partial charge in [-0.3, -0.25) is 9.59 Å². The van der Waals surface area contributed by atoms with Crippen LogP contribution in [0.1, 0.15) is 36.4 Å².